The molecule has 5 nitrogen and oxygen atoms in total. The van der Waals surface area contributed by atoms with Gasteiger partial charge in [-0.3, -0.25) is 4.79 Å². The molecule has 2 atom stereocenters. The van der Waals surface area contributed by atoms with Crippen molar-refractivity contribution in [3.8, 4) is 0 Å². The van der Waals surface area contributed by atoms with Gasteiger partial charge in [0.15, 0.2) is 0 Å². The van der Waals surface area contributed by atoms with Gasteiger partial charge in [-0.15, -0.1) is 0 Å². The maximum atomic E-state index is 12.2. The SMILES string of the molecule is CC1CCCN(c2cnn(CC(N)C(C)(C)C)c(=O)c2)C1. The van der Waals surface area contributed by atoms with Crippen molar-refractivity contribution in [2.24, 2.45) is 17.1 Å². The largest absolute Gasteiger partial charge is 0.370 e. The van der Waals surface area contributed by atoms with Crippen molar-refractivity contribution in [2.75, 3.05) is 18.0 Å². The first kappa shape index (κ1) is 16.0. The molecular weight excluding hydrogens is 264 g/mol. The average Bonchev–Trinajstić information content (AvgIpc) is 2.40. The van der Waals surface area contributed by atoms with E-state index in [0.29, 0.717) is 12.5 Å². The minimum Gasteiger partial charge on any atom is -0.370 e. The van der Waals surface area contributed by atoms with E-state index in [1.54, 1.807) is 12.3 Å². The van der Waals surface area contributed by atoms with Crippen molar-refractivity contribution in [2.45, 2.75) is 53.1 Å². The molecule has 1 fully saturated rings. The van der Waals surface area contributed by atoms with Crippen LogP contribution in [0.25, 0.3) is 0 Å². The molecule has 2 N–H and O–H groups in total. The smallest absolute Gasteiger partial charge is 0.268 e. The van der Waals surface area contributed by atoms with Crippen LogP contribution in [0.2, 0.25) is 0 Å². The number of piperidine rings is 1. The van der Waals surface area contributed by atoms with Gasteiger partial charge in [-0.2, -0.15) is 5.10 Å². The Kier molecular flexibility index (Phi) is 4.71. The van der Waals surface area contributed by atoms with Crippen molar-refractivity contribution in [1.29, 1.82) is 0 Å². The van der Waals surface area contributed by atoms with Gasteiger partial charge in [0, 0.05) is 25.2 Å². The third-order valence-electron chi connectivity index (χ3n) is 4.36. The van der Waals surface area contributed by atoms with Crippen LogP contribution in [0.1, 0.15) is 40.5 Å². The summed E-state index contributed by atoms with van der Waals surface area (Å²) < 4.78 is 1.48. The highest BCUT2D eigenvalue weighted by molar-refractivity contribution is 5.43. The Labute approximate surface area is 127 Å². The van der Waals surface area contributed by atoms with Gasteiger partial charge in [-0.1, -0.05) is 27.7 Å². The fourth-order valence-corrected chi connectivity index (χ4v) is 2.62. The molecule has 0 aliphatic carbocycles. The minimum absolute atomic E-state index is 0.0396. The summed E-state index contributed by atoms with van der Waals surface area (Å²) in [4.78, 5) is 14.5. The Morgan fingerprint density at radius 1 is 1.48 bits per heavy atom. The number of anilines is 1. The van der Waals surface area contributed by atoms with E-state index in [4.69, 9.17) is 5.73 Å². The van der Waals surface area contributed by atoms with Crippen LogP contribution in [0, 0.1) is 11.3 Å². The highest BCUT2D eigenvalue weighted by Gasteiger charge is 2.22. The summed E-state index contributed by atoms with van der Waals surface area (Å²) in [7, 11) is 0. The number of nitrogens with two attached hydrogens (primary N) is 1. The Morgan fingerprint density at radius 2 is 2.19 bits per heavy atom. The first-order chi connectivity index (χ1) is 9.77. The normalized spacial score (nSPS) is 21.4. The Bertz CT molecular complexity index is 532. The second-order valence-corrected chi connectivity index (χ2v) is 7.40. The lowest BCUT2D eigenvalue weighted by Crippen LogP contribution is -2.42. The van der Waals surface area contributed by atoms with Crippen LogP contribution in [-0.4, -0.2) is 28.9 Å². The van der Waals surface area contributed by atoms with E-state index in [1.807, 2.05) is 0 Å². The molecule has 1 aliphatic heterocycles. The van der Waals surface area contributed by atoms with Crippen LogP contribution in [0.4, 0.5) is 5.69 Å². The summed E-state index contributed by atoms with van der Waals surface area (Å²) in [5, 5.41) is 4.31. The van der Waals surface area contributed by atoms with Crippen molar-refractivity contribution in [1.82, 2.24) is 9.78 Å². The summed E-state index contributed by atoms with van der Waals surface area (Å²) in [6.45, 7) is 11.0. The molecule has 0 radical (unpaired) electrons. The van der Waals surface area contributed by atoms with Gasteiger partial charge < -0.3 is 10.6 Å². The Hall–Kier alpha value is -1.36. The number of hydrogen-bond donors (Lipinski definition) is 1. The summed E-state index contributed by atoms with van der Waals surface area (Å²) in [5.74, 6) is 0.676. The molecule has 118 valence electrons. The summed E-state index contributed by atoms with van der Waals surface area (Å²) in [6.07, 6.45) is 4.25. The summed E-state index contributed by atoms with van der Waals surface area (Å²) >= 11 is 0. The quantitative estimate of drug-likeness (QED) is 0.923. The fourth-order valence-electron chi connectivity index (χ4n) is 2.62. The van der Waals surface area contributed by atoms with Crippen molar-refractivity contribution >= 4 is 5.69 Å². The molecule has 0 aromatic carbocycles. The van der Waals surface area contributed by atoms with E-state index in [1.165, 1.54) is 17.5 Å². The predicted molar refractivity (Wildman–Crippen MR) is 86.5 cm³/mol. The van der Waals surface area contributed by atoms with Crippen LogP contribution in [0.5, 0.6) is 0 Å². The van der Waals surface area contributed by atoms with E-state index in [0.717, 1.165) is 18.8 Å². The van der Waals surface area contributed by atoms with E-state index >= 15 is 0 Å². The minimum atomic E-state index is -0.0939. The molecule has 1 aromatic heterocycles. The maximum Gasteiger partial charge on any atom is 0.268 e. The molecule has 2 unspecified atom stereocenters. The zero-order valence-corrected chi connectivity index (χ0v) is 13.7. The zero-order chi connectivity index (χ0) is 15.6. The molecule has 1 saturated heterocycles. The number of aromatic nitrogens is 2. The monoisotopic (exact) mass is 292 g/mol. The summed E-state index contributed by atoms with van der Waals surface area (Å²) in [6, 6.07) is 1.60. The lowest BCUT2D eigenvalue weighted by Gasteiger charge is -2.32. The lowest BCUT2D eigenvalue weighted by atomic mass is 9.87. The van der Waals surface area contributed by atoms with Crippen molar-refractivity contribution in [3.05, 3.63) is 22.6 Å². The molecule has 0 amide bonds. The van der Waals surface area contributed by atoms with Crippen LogP contribution in [-0.2, 0) is 6.54 Å². The van der Waals surface area contributed by atoms with Crippen molar-refractivity contribution in [3.63, 3.8) is 0 Å². The third-order valence-corrected chi connectivity index (χ3v) is 4.36. The van der Waals surface area contributed by atoms with E-state index in [9.17, 15) is 4.79 Å². The number of hydrogen-bond acceptors (Lipinski definition) is 4. The van der Waals surface area contributed by atoms with Gasteiger partial charge in [0.05, 0.1) is 18.4 Å². The topological polar surface area (TPSA) is 64.2 Å². The highest BCUT2D eigenvalue weighted by atomic mass is 16.1. The Balaban J connectivity index is 2.12. The van der Waals surface area contributed by atoms with E-state index in [-0.39, 0.29) is 17.0 Å². The molecule has 2 rings (SSSR count). The van der Waals surface area contributed by atoms with E-state index < -0.39 is 0 Å². The van der Waals surface area contributed by atoms with Gasteiger partial charge in [0.1, 0.15) is 0 Å². The molecule has 0 spiro atoms. The van der Waals surface area contributed by atoms with Gasteiger partial charge >= 0.3 is 0 Å². The van der Waals surface area contributed by atoms with Crippen LogP contribution in [0.15, 0.2) is 17.1 Å². The molecule has 1 aromatic rings. The van der Waals surface area contributed by atoms with E-state index in [2.05, 4.69) is 37.7 Å². The fraction of sp³-hybridized carbons (Fsp3) is 0.750. The first-order valence-electron chi connectivity index (χ1n) is 7.85. The predicted octanol–water partition coefficient (Wildman–Crippen LogP) is 1.85. The zero-order valence-electron chi connectivity index (χ0n) is 13.7. The lowest BCUT2D eigenvalue weighted by molar-refractivity contribution is 0.279. The second kappa shape index (κ2) is 6.18. The Morgan fingerprint density at radius 3 is 2.76 bits per heavy atom. The maximum absolute atomic E-state index is 12.2. The summed E-state index contributed by atoms with van der Waals surface area (Å²) in [5.41, 5.74) is 6.97. The van der Waals surface area contributed by atoms with Crippen LogP contribution < -0.4 is 16.2 Å². The number of nitrogens with zero attached hydrogens (tertiary/aromatic N) is 3. The van der Waals surface area contributed by atoms with Crippen LogP contribution in [0.3, 0.4) is 0 Å². The molecule has 21 heavy (non-hydrogen) atoms. The van der Waals surface area contributed by atoms with Gasteiger partial charge in [-0.25, -0.2) is 4.68 Å². The van der Waals surface area contributed by atoms with Gasteiger partial charge in [-0.05, 0) is 24.2 Å². The second-order valence-electron chi connectivity index (χ2n) is 7.40. The molecular formula is C16H28N4O. The molecule has 0 saturated carbocycles. The van der Waals surface area contributed by atoms with Gasteiger partial charge in [0.25, 0.3) is 5.56 Å². The molecule has 1 aliphatic rings. The van der Waals surface area contributed by atoms with Gasteiger partial charge in [0.2, 0.25) is 0 Å². The third kappa shape index (κ3) is 4.06. The van der Waals surface area contributed by atoms with Crippen molar-refractivity contribution < 1.29 is 0 Å². The molecule has 0 bridgehead atoms. The van der Waals surface area contributed by atoms with Crippen LogP contribution >= 0.6 is 0 Å². The standard InChI is InChI=1S/C16H28N4O/c1-12-6-5-7-19(10-12)13-8-15(21)20(18-9-13)11-14(17)16(2,3)4/h8-9,12,14H,5-7,10-11,17H2,1-4H3. The molecule has 5 heteroatoms. The first-order valence-corrected chi connectivity index (χ1v) is 7.85. The number of rotatable bonds is 3. The average molecular weight is 292 g/mol. The molecule has 2 heterocycles. The highest BCUT2D eigenvalue weighted by Crippen LogP contribution is 2.21.